The lowest BCUT2D eigenvalue weighted by Gasteiger charge is -1.96. The van der Waals surface area contributed by atoms with Crippen molar-refractivity contribution < 1.29 is 4.52 Å². The second kappa shape index (κ2) is 2.88. The Bertz CT molecular complexity index is 452. The highest BCUT2D eigenvalue weighted by atomic mass is 35.5. The molecule has 2 rings (SSSR count). The largest absolute Gasteiger partial charge is 0.380 e. The zero-order valence-electron chi connectivity index (χ0n) is 7.04. The maximum Gasteiger partial charge on any atom is 0.192 e. The molecule has 0 aliphatic heterocycles. The van der Waals surface area contributed by atoms with E-state index in [0.29, 0.717) is 21.8 Å². The summed E-state index contributed by atoms with van der Waals surface area (Å²) in [6, 6.07) is 0. The van der Waals surface area contributed by atoms with E-state index in [0.717, 1.165) is 12.1 Å². The van der Waals surface area contributed by atoms with Gasteiger partial charge in [0.1, 0.15) is 0 Å². The minimum atomic E-state index is 0.317. The van der Waals surface area contributed by atoms with Crippen LogP contribution in [0, 0.1) is 0 Å². The Morgan fingerprint density at radius 3 is 3.08 bits per heavy atom. The Morgan fingerprint density at radius 2 is 2.38 bits per heavy atom. The van der Waals surface area contributed by atoms with Gasteiger partial charge in [0, 0.05) is 6.20 Å². The van der Waals surface area contributed by atoms with E-state index < -0.39 is 0 Å². The molecular formula is C8H8ClN3O. The summed E-state index contributed by atoms with van der Waals surface area (Å²) in [6.07, 6.45) is 2.33. The third-order valence-electron chi connectivity index (χ3n) is 1.89. The van der Waals surface area contributed by atoms with E-state index in [1.54, 1.807) is 6.20 Å². The number of nitrogen functional groups attached to an aromatic ring is 1. The molecule has 2 aromatic heterocycles. The molecule has 2 heterocycles. The minimum Gasteiger partial charge on any atom is -0.380 e. The summed E-state index contributed by atoms with van der Waals surface area (Å²) in [7, 11) is 0. The number of aryl methyl sites for hydroxylation is 1. The number of anilines is 1. The normalized spacial score (nSPS) is 10.9. The van der Waals surface area contributed by atoms with Gasteiger partial charge in [-0.2, -0.15) is 0 Å². The maximum atomic E-state index is 5.89. The van der Waals surface area contributed by atoms with Gasteiger partial charge >= 0.3 is 0 Å². The second-order valence-corrected chi connectivity index (χ2v) is 3.09. The van der Waals surface area contributed by atoms with E-state index in [1.807, 2.05) is 6.92 Å². The van der Waals surface area contributed by atoms with Crippen LogP contribution in [0.4, 0.5) is 5.82 Å². The zero-order valence-corrected chi connectivity index (χ0v) is 7.80. The molecular weight excluding hydrogens is 190 g/mol. The Kier molecular flexibility index (Phi) is 1.84. The quantitative estimate of drug-likeness (QED) is 0.760. The van der Waals surface area contributed by atoms with E-state index in [2.05, 4.69) is 10.1 Å². The van der Waals surface area contributed by atoms with Gasteiger partial charge in [-0.05, 0) is 6.42 Å². The molecule has 0 aromatic carbocycles. The first-order chi connectivity index (χ1) is 6.24. The summed E-state index contributed by atoms with van der Waals surface area (Å²) in [5.74, 6) is 0.317. The van der Waals surface area contributed by atoms with Crippen molar-refractivity contribution in [1.29, 1.82) is 0 Å². The predicted molar refractivity (Wildman–Crippen MR) is 50.6 cm³/mol. The van der Waals surface area contributed by atoms with Gasteiger partial charge in [0.15, 0.2) is 11.4 Å². The number of nitrogens with two attached hydrogens (primary N) is 1. The number of pyridine rings is 1. The highest BCUT2D eigenvalue weighted by Crippen LogP contribution is 2.29. The average Bonchev–Trinajstić information content (AvgIpc) is 2.50. The molecule has 0 aliphatic carbocycles. The molecule has 0 bridgehead atoms. The van der Waals surface area contributed by atoms with Gasteiger partial charge in [0.2, 0.25) is 0 Å². The van der Waals surface area contributed by atoms with Crippen LogP contribution in [-0.2, 0) is 6.42 Å². The van der Waals surface area contributed by atoms with E-state index >= 15 is 0 Å². The lowest BCUT2D eigenvalue weighted by molar-refractivity contribution is 0.457. The fourth-order valence-corrected chi connectivity index (χ4v) is 1.47. The average molecular weight is 198 g/mol. The molecule has 5 heteroatoms. The van der Waals surface area contributed by atoms with Crippen molar-refractivity contribution in [2.24, 2.45) is 0 Å². The number of fused-ring (bicyclic) bond motifs is 1. The second-order valence-electron chi connectivity index (χ2n) is 2.68. The maximum absolute atomic E-state index is 5.89. The van der Waals surface area contributed by atoms with Crippen molar-refractivity contribution in [2.75, 3.05) is 5.73 Å². The van der Waals surface area contributed by atoms with Crippen molar-refractivity contribution in [2.45, 2.75) is 13.3 Å². The number of hydrogen-bond donors (Lipinski definition) is 1. The van der Waals surface area contributed by atoms with Crippen LogP contribution in [0.15, 0.2) is 10.7 Å². The summed E-state index contributed by atoms with van der Waals surface area (Å²) >= 11 is 5.89. The van der Waals surface area contributed by atoms with E-state index in [1.165, 1.54) is 0 Å². The monoisotopic (exact) mass is 197 g/mol. The molecule has 4 nitrogen and oxygen atoms in total. The molecule has 0 radical (unpaired) electrons. The summed E-state index contributed by atoms with van der Waals surface area (Å²) in [4.78, 5) is 4.12. The van der Waals surface area contributed by atoms with E-state index in [4.69, 9.17) is 21.9 Å². The predicted octanol–water partition coefficient (Wildman–Crippen LogP) is 2.02. The number of hydrogen-bond acceptors (Lipinski definition) is 4. The Hall–Kier alpha value is -1.29. The third-order valence-corrected chi connectivity index (χ3v) is 2.17. The van der Waals surface area contributed by atoms with Gasteiger partial charge < -0.3 is 10.3 Å². The topological polar surface area (TPSA) is 64.9 Å². The first-order valence-corrected chi connectivity index (χ1v) is 4.30. The molecule has 0 aliphatic rings. The molecule has 68 valence electrons. The van der Waals surface area contributed by atoms with E-state index in [9.17, 15) is 0 Å². The summed E-state index contributed by atoms with van der Waals surface area (Å²) in [5, 5.41) is 4.78. The van der Waals surface area contributed by atoms with Crippen LogP contribution in [0.1, 0.15) is 12.6 Å². The van der Waals surface area contributed by atoms with Crippen molar-refractivity contribution in [1.82, 2.24) is 10.1 Å². The molecule has 0 unspecified atom stereocenters. The molecule has 0 amide bonds. The Morgan fingerprint density at radius 1 is 1.62 bits per heavy atom. The van der Waals surface area contributed by atoms with Crippen LogP contribution in [0.2, 0.25) is 5.02 Å². The third kappa shape index (κ3) is 1.14. The molecule has 2 N–H and O–H groups in total. The minimum absolute atomic E-state index is 0.317. The van der Waals surface area contributed by atoms with Crippen LogP contribution in [-0.4, -0.2) is 10.1 Å². The Balaban J connectivity index is 2.87. The lowest BCUT2D eigenvalue weighted by Crippen LogP contribution is -1.89. The van der Waals surface area contributed by atoms with Gasteiger partial charge in [-0.15, -0.1) is 0 Å². The zero-order chi connectivity index (χ0) is 9.42. The molecule has 13 heavy (non-hydrogen) atoms. The fraction of sp³-hybridized carbons (Fsp3) is 0.250. The number of halogens is 1. The first kappa shape index (κ1) is 8.31. The highest BCUT2D eigenvalue weighted by Gasteiger charge is 2.13. The van der Waals surface area contributed by atoms with Crippen LogP contribution in [0.3, 0.4) is 0 Å². The molecule has 0 saturated heterocycles. The van der Waals surface area contributed by atoms with Gasteiger partial charge in [-0.3, -0.25) is 4.98 Å². The van der Waals surface area contributed by atoms with Crippen LogP contribution >= 0.6 is 11.6 Å². The summed E-state index contributed by atoms with van der Waals surface area (Å²) in [6.45, 7) is 1.98. The molecule has 0 atom stereocenters. The van der Waals surface area contributed by atoms with Gasteiger partial charge in [0.25, 0.3) is 0 Å². The first-order valence-electron chi connectivity index (χ1n) is 3.92. The van der Waals surface area contributed by atoms with Crippen LogP contribution in [0.25, 0.3) is 11.0 Å². The van der Waals surface area contributed by atoms with Crippen LogP contribution in [0.5, 0.6) is 0 Å². The van der Waals surface area contributed by atoms with Gasteiger partial charge in [0.05, 0.1) is 16.1 Å². The van der Waals surface area contributed by atoms with Crippen molar-refractivity contribution in [3.05, 3.63) is 16.9 Å². The van der Waals surface area contributed by atoms with Gasteiger partial charge in [-0.1, -0.05) is 23.7 Å². The standard InChI is InChI=1S/C8H8ClN3O/c1-2-5-7-6(4(9)3-11-5)8(10)12-13-7/h3H,2H2,1H3,(H2,10,12). The Labute approximate surface area is 79.7 Å². The molecule has 0 fully saturated rings. The fourth-order valence-electron chi connectivity index (χ4n) is 1.24. The highest BCUT2D eigenvalue weighted by molar-refractivity contribution is 6.36. The van der Waals surface area contributed by atoms with Crippen LogP contribution < -0.4 is 5.73 Å². The van der Waals surface area contributed by atoms with Crippen molar-refractivity contribution in [3.8, 4) is 0 Å². The molecule has 0 saturated carbocycles. The number of rotatable bonds is 1. The smallest absolute Gasteiger partial charge is 0.192 e. The SMILES string of the molecule is CCc1ncc(Cl)c2c(N)noc12. The summed E-state index contributed by atoms with van der Waals surface area (Å²) < 4.78 is 5.03. The number of nitrogens with zero attached hydrogens (tertiary/aromatic N) is 2. The molecule has 2 aromatic rings. The van der Waals surface area contributed by atoms with E-state index in [-0.39, 0.29) is 0 Å². The number of aromatic nitrogens is 2. The van der Waals surface area contributed by atoms with Crippen molar-refractivity contribution >= 4 is 28.4 Å². The van der Waals surface area contributed by atoms with Crippen molar-refractivity contribution in [3.63, 3.8) is 0 Å². The summed E-state index contributed by atoms with van der Waals surface area (Å²) in [5.41, 5.74) is 7.00. The lowest BCUT2D eigenvalue weighted by atomic mass is 10.2. The molecule has 0 spiro atoms. The van der Waals surface area contributed by atoms with Gasteiger partial charge in [-0.25, -0.2) is 0 Å².